The fourth-order valence-electron chi connectivity index (χ4n) is 4.02. The molecule has 2 atom stereocenters. The lowest BCUT2D eigenvalue weighted by atomic mass is 10.1. The van der Waals surface area contributed by atoms with Gasteiger partial charge in [-0.1, -0.05) is 29.3 Å². The monoisotopic (exact) mass is 434 g/mol. The maximum atomic E-state index is 13.2. The van der Waals surface area contributed by atoms with Crippen molar-refractivity contribution in [2.75, 3.05) is 26.7 Å². The Hall–Kier alpha value is -1.24. The van der Waals surface area contributed by atoms with Crippen molar-refractivity contribution in [3.8, 4) is 0 Å². The number of aromatic nitrogens is 2. The maximum Gasteiger partial charge on any atom is 0.261 e. The van der Waals surface area contributed by atoms with Crippen molar-refractivity contribution < 1.29 is 0 Å². The molecule has 2 aromatic rings. The van der Waals surface area contributed by atoms with Gasteiger partial charge in [-0.05, 0) is 51.9 Å². The topological polar surface area (TPSA) is 41.4 Å². The smallest absolute Gasteiger partial charge is 0.261 e. The summed E-state index contributed by atoms with van der Waals surface area (Å²) < 4.78 is 2.80. The molecule has 0 bridgehead atoms. The van der Waals surface area contributed by atoms with Crippen molar-refractivity contribution in [2.45, 2.75) is 58.7 Å². The summed E-state index contributed by atoms with van der Waals surface area (Å²) in [4.78, 5) is 23.1. The number of rotatable bonds is 5. The van der Waals surface area contributed by atoms with E-state index in [1.807, 2.05) is 29.7 Å². The van der Waals surface area contributed by atoms with Crippen LogP contribution in [0.5, 0.6) is 0 Å². The van der Waals surface area contributed by atoms with Gasteiger partial charge in [-0.25, -0.2) is 4.98 Å². The minimum Gasteiger partial charge on any atom is -0.302 e. The van der Waals surface area contributed by atoms with Gasteiger partial charge < -0.3 is 4.90 Å². The van der Waals surface area contributed by atoms with E-state index < -0.39 is 0 Å². The molecule has 1 saturated heterocycles. The van der Waals surface area contributed by atoms with Gasteiger partial charge >= 0.3 is 0 Å². The molecule has 0 aliphatic carbocycles. The Morgan fingerprint density at radius 2 is 2.04 bits per heavy atom. The van der Waals surface area contributed by atoms with E-state index in [1.165, 1.54) is 0 Å². The van der Waals surface area contributed by atoms with Crippen molar-refractivity contribution in [1.29, 1.82) is 0 Å². The predicted molar refractivity (Wildman–Crippen MR) is 115 cm³/mol. The molecule has 2 heterocycles. The number of hydrogen-bond acceptors (Lipinski definition) is 4. The second kappa shape index (κ2) is 8.84. The van der Waals surface area contributed by atoms with E-state index in [-0.39, 0.29) is 11.6 Å². The fourth-order valence-corrected chi connectivity index (χ4v) is 4.38. The molecule has 5 nitrogen and oxygen atoms in total. The van der Waals surface area contributed by atoms with Gasteiger partial charge in [-0.15, -0.1) is 0 Å². The predicted octanol–water partition coefficient (Wildman–Crippen LogP) is 4.05. The highest BCUT2D eigenvalue weighted by Gasteiger charge is 2.28. The Morgan fingerprint density at radius 1 is 1.26 bits per heavy atom. The van der Waals surface area contributed by atoms with Gasteiger partial charge in [0.25, 0.3) is 5.56 Å². The summed E-state index contributed by atoms with van der Waals surface area (Å²) in [5.74, 6) is 0.927. The first-order chi connectivity index (χ1) is 13.0. The molecule has 1 aromatic carbocycles. The van der Waals surface area contributed by atoms with Crippen molar-refractivity contribution in [3.63, 3.8) is 0 Å². The van der Waals surface area contributed by atoms with Gasteiger partial charge in [0, 0.05) is 36.7 Å². The van der Waals surface area contributed by atoms with Crippen LogP contribution in [0.1, 0.15) is 51.9 Å². The van der Waals surface area contributed by atoms with E-state index in [2.05, 4.69) is 46.6 Å². The number of nitrogens with zero attached hydrogens (tertiary/aromatic N) is 4. The van der Waals surface area contributed by atoms with Gasteiger partial charge in [0.1, 0.15) is 5.82 Å². The average Bonchev–Trinajstić information content (AvgIpc) is 2.82. The number of hydrogen-bond donors (Lipinski definition) is 0. The number of halogens is 1. The summed E-state index contributed by atoms with van der Waals surface area (Å²) in [7, 11) is 2.21. The molecule has 0 spiro atoms. The van der Waals surface area contributed by atoms with Crippen LogP contribution in [0.3, 0.4) is 0 Å². The van der Waals surface area contributed by atoms with Crippen molar-refractivity contribution in [1.82, 2.24) is 19.4 Å². The molecule has 0 N–H and O–H groups in total. The van der Waals surface area contributed by atoms with E-state index in [4.69, 9.17) is 4.98 Å². The molecule has 0 amide bonds. The third-order valence-electron chi connectivity index (χ3n) is 5.89. The first-order valence-corrected chi connectivity index (χ1v) is 10.9. The molecule has 0 saturated carbocycles. The van der Waals surface area contributed by atoms with E-state index in [0.717, 1.165) is 54.7 Å². The minimum absolute atomic E-state index is 0.0696. The lowest BCUT2D eigenvalue weighted by Crippen LogP contribution is -2.37. The van der Waals surface area contributed by atoms with Crippen LogP contribution in [0.15, 0.2) is 27.5 Å². The molecule has 6 heteroatoms. The summed E-state index contributed by atoms with van der Waals surface area (Å²) in [6.07, 6.45) is 3.24. The van der Waals surface area contributed by atoms with Gasteiger partial charge in [0.05, 0.1) is 16.9 Å². The zero-order valence-electron chi connectivity index (χ0n) is 16.9. The summed E-state index contributed by atoms with van der Waals surface area (Å²) in [6, 6.07) is 6.58. The number of likely N-dealkylation sites (N-methyl/N-ethyl adjacent to an activating group) is 1. The lowest BCUT2D eigenvalue weighted by Gasteiger charge is -2.31. The highest BCUT2D eigenvalue weighted by atomic mass is 79.9. The van der Waals surface area contributed by atoms with Crippen LogP contribution in [-0.4, -0.2) is 52.1 Å². The first kappa shape index (κ1) is 20.5. The average molecular weight is 435 g/mol. The largest absolute Gasteiger partial charge is 0.302 e. The van der Waals surface area contributed by atoms with Crippen LogP contribution >= 0.6 is 15.9 Å². The minimum atomic E-state index is 0.0696. The molecule has 1 unspecified atom stereocenters. The van der Waals surface area contributed by atoms with Gasteiger partial charge in [-0.2, -0.15) is 0 Å². The fraction of sp³-hybridized carbons (Fsp3) is 0.619. The summed E-state index contributed by atoms with van der Waals surface area (Å²) in [5, 5.41) is 0.689. The second-order valence-corrected chi connectivity index (χ2v) is 8.56. The quantitative estimate of drug-likeness (QED) is 0.711. The van der Waals surface area contributed by atoms with Crippen LogP contribution in [0.4, 0.5) is 0 Å². The Labute approximate surface area is 170 Å². The van der Waals surface area contributed by atoms with Crippen molar-refractivity contribution in [2.24, 2.45) is 0 Å². The van der Waals surface area contributed by atoms with Crippen LogP contribution in [0.2, 0.25) is 0 Å². The third kappa shape index (κ3) is 4.28. The van der Waals surface area contributed by atoms with Crippen molar-refractivity contribution >= 4 is 26.8 Å². The van der Waals surface area contributed by atoms with E-state index in [1.54, 1.807) is 0 Å². The lowest BCUT2D eigenvalue weighted by molar-refractivity contribution is 0.180. The highest BCUT2D eigenvalue weighted by Crippen LogP contribution is 2.27. The normalized spacial score (nSPS) is 20.7. The standard InChI is InChI=1S/C21H31BrN4O/c1-5-7-19(25-11-10-15(3)24(4)12-13-25)20-23-18-9-8-16(22)14-17(18)21(27)26(20)6-2/h8-9,14-15,19H,5-7,10-13H2,1-4H3/t15-,19?/m1/s1. The van der Waals surface area contributed by atoms with E-state index >= 15 is 0 Å². The maximum absolute atomic E-state index is 13.2. The molecular weight excluding hydrogens is 404 g/mol. The zero-order chi connectivity index (χ0) is 19.6. The van der Waals surface area contributed by atoms with Gasteiger partial charge in [0.2, 0.25) is 0 Å². The molecule has 1 aliphatic rings. The molecule has 27 heavy (non-hydrogen) atoms. The number of benzene rings is 1. The molecule has 148 valence electrons. The molecule has 3 rings (SSSR count). The Bertz CT molecular complexity index is 838. The molecular formula is C21H31BrN4O. The van der Waals surface area contributed by atoms with Crippen LogP contribution < -0.4 is 5.56 Å². The molecule has 0 radical (unpaired) electrons. The summed E-state index contributed by atoms with van der Waals surface area (Å²) >= 11 is 3.48. The van der Waals surface area contributed by atoms with Crippen LogP contribution in [-0.2, 0) is 6.54 Å². The molecule has 1 aliphatic heterocycles. The zero-order valence-corrected chi connectivity index (χ0v) is 18.5. The second-order valence-electron chi connectivity index (χ2n) is 7.64. The Morgan fingerprint density at radius 3 is 2.74 bits per heavy atom. The third-order valence-corrected chi connectivity index (χ3v) is 6.38. The Balaban J connectivity index is 2.08. The van der Waals surface area contributed by atoms with Crippen molar-refractivity contribution in [3.05, 3.63) is 38.9 Å². The Kier molecular flexibility index (Phi) is 6.71. The summed E-state index contributed by atoms with van der Waals surface area (Å²) in [6.45, 7) is 10.3. The molecule has 1 aromatic heterocycles. The molecule has 1 fully saturated rings. The first-order valence-electron chi connectivity index (χ1n) is 10.1. The summed E-state index contributed by atoms with van der Waals surface area (Å²) in [5.41, 5.74) is 0.865. The van der Waals surface area contributed by atoms with Crippen LogP contribution in [0.25, 0.3) is 10.9 Å². The van der Waals surface area contributed by atoms with E-state index in [9.17, 15) is 4.79 Å². The highest BCUT2D eigenvalue weighted by molar-refractivity contribution is 9.10. The number of fused-ring (bicyclic) bond motifs is 1. The van der Waals surface area contributed by atoms with Crippen LogP contribution in [0, 0.1) is 0 Å². The van der Waals surface area contributed by atoms with E-state index in [0.29, 0.717) is 18.0 Å². The van der Waals surface area contributed by atoms with Gasteiger partial charge in [0.15, 0.2) is 0 Å². The van der Waals surface area contributed by atoms with Gasteiger partial charge in [-0.3, -0.25) is 14.3 Å². The SMILES string of the molecule is CCCC(c1nc2ccc(Br)cc2c(=O)n1CC)N1CC[C@@H](C)N(C)CC1.